The predicted octanol–water partition coefficient (Wildman–Crippen LogP) is 1.28. The first-order valence-electron chi connectivity index (χ1n) is 4.53. The third kappa shape index (κ3) is 2.65. The van der Waals surface area contributed by atoms with Crippen molar-refractivity contribution >= 4 is 18.6 Å². The molecule has 0 unspecified atom stereocenters. The summed E-state index contributed by atoms with van der Waals surface area (Å²) in [6, 6.07) is 7.49. The molecule has 2 rings (SSSR count). The summed E-state index contributed by atoms with van der Waals surface area (Å²) in [5.74, 6) is 0.611. The molecule has 1 heterocycles. The van der Waals surface area contributed by atoms with E-state index in [1.54, 1.807) is 0 Å². The molecule has 0 radical (unpaired) electrons. The molecule has 2 aromatic rings. The molecule has 0 aliphatic heterocycles. The minimum Gasteiger partial charge on any atom is -0.342 e. The lowest BCUT2D eigenvalue weighted by Crippen LogP contribution is -1.95. The number of aromatic nitrogens is 2. The molecule has 0 aliphatic carbocycles. The summed E-state index contributed by atoms with van der Waals surface area (Å²) in [4.78, 5) is 24.7. The van der Waals surface area contributed by atoms with E-state index < -0.39 is 7.60 Å². The maximum absolute atomic E-state index is 10.7. The van der Waals surface area contributed by atoms with Gasteiger partial charge in [0.25, 0.3) is 0 Å². The van der Waals surface area contributed by atoms with E-state index in [0.717, 1.165) is 11.0 Å². The van der Waals surface area contributed by atoms with E-state index >= 15 is 0 Å². The topological polar surface area (TPSA) is 86.2 Å². The molecule has 15 heavy (non-hydrogen) atoms. The van der Waals surface area contributed by atoms with Gasteiger partial charge in [-0.3, -0.25) is 4.57 Å². The van der Waals surface area contributed by atoms with E-state index in [-0.39, 0.29) is 12.6 Å². The third-order valence-electron chi connectivity index (χ3n) is 2.08. The monoisotopic (exact) mass is 226 g/mol. The smallest absolute Gasteiger partial charge is 0.326 e. The zero-order valence-corrected chi connectivity index (χ0v) is 8.82. The molecular weight excluding hydrogens is 215 g/mol. The highest BCUT2D eigenvalue weighted by Gasteiger charge is 2.13. The van der Waals surface area contributed by atoms with E-state index in [9.17, 15) is 4.57 Å². The first kappa shape index (κ1) is 10.4. The SMILES string of the molecule is O=P(O)(O)CCc1nc2ccccc2[nH]1. The van der Waals surface area contributed by atoms with Gasteiger partial charge < -0.3 is 14.8 Å². The molecule has 3 N–H and O–H groups in total. The number of rotatable bonds is 3. The Balaban J connectivity index is 2.19. The van der Waals surface area contributed by atoms with Crippen molar-refractivity contribution in [2.45, 2.75) is 6.42 Å². The van der Waals surface area contributed by atoms with Gasteiger partial charge in [-0.2, -0.15) is 0 Å². The van der Waals surface area contributed by atoms with Crippen molar-refractivity contribution in [3.63, 3.8) is 0 Å². The number of imidazole rings is 1. The number of hydrogen-bond acceptors (Lipinski definition) is 2. The maximum atomic E-state index is 10.7. The van der Waals surface area contributed by atoms with Gasteiger partial charge in [-0.25, -0.2) is 4.98 Å². The van der Waals surface area contributed by atoms with Gasteiger partial charge in [0.05, 0.1) is 17.2 Å². The molecule has 1 aromatic carbocycles. The summed E-state index contributed by atoms with van der Waals surface area (Å²) < 4.78 is 10.7. The fourth-order valence-electron chi connectivity index (χ4n) is 1.38. The fraction of sp³-hybridized carbons (Fsp3) is 0.222. The quantitative estimate of drug-likeness (QED) is 0.688. The van der Waals surface area contributed by atoms with Crippen LogP contribution in [-0.4, -0.2) is 25.9 Å². The number of benzene rings is 1. The summed E-state index contributed by atoms with van der Waals surface area (Å²) in [7, 11) is -3.93. The molecule has 6 heteroatoms. The number of nitrogens with one attached hydrogen (secondary N) is 1. The maximum Gasteiger partial charge on any atom is 0.326 e. The molecule has 0 spiro atoms. The van der Waals surface area contributed by atoms with Gasteiger partial charge in [-0.1, -0.05) is 12.1 Å². The Bertz CT molecular complexity index is 484. The Morgan fingerprint density at radius 3 is 2.73 bits per heavy atom. The van der Waals surface area contributed by atoms with Gasteiger partial charge in [0.1, 0.15) is 5.82 Å². The number of nitrogens with zero attached hydrogens (tertiary/aromatic N) is 1. The summed E-state index contributed by atoms with van der Waals surface area (Å²) >= 11 is 0. The van der Waals surface area contributed by atoms with Crippen LogP contribution in [0.4, 0.5) is 0 Å². The largest absolute Gasteiger partial charge is 0.342 e. The molecule has 0 amide bonds. The summed E-state index contributed by atoms with van der Waals surface area (Å²) in [6.07, 6.45) is 0.0891. The number of hydrogen-bond donors (Lipinski definition) is 3. The first-order chi connectivity index (χ1) is 7.04. The second-order valence-electron chi connectivity index (χ2n) is 3.34. The Kier molecular flexibility index (Phi) is 2.61. The number of H-pyrrole nitrogens is 1. The van der Waals surface area contributed by atoms with Crippen molar-refractivity contribution in [2.75, 3.05) is 6.16 Å². The number of fused-ring (bicyclic) bond motifs is 1. The average Bonchev–Trinajstić information content (AvgIpc) is 2.56. The van der Waals surface area contributed by atoms with Crippen LogP contribution in [0.2, 0.25) is 0 Å². The molecule has 0 fully saturated rings. The second kappa shape index (κ2) is 3.77. The molecule has 1 aromatic heterocycles. The van der Waals surface area contributed by atoms with Gasteiger partial charge in [-0.05, 0) is 12.1 Å². The lowest BCUT2D eigenvalue weighted by Gasteiger charge is -2.00. The molecular formula is C9H11N2O3P. The zero-order valence-electron chi connectivity index (χ0n) is 7.92. The van der Waals surface area contributed by atoms with Crippen LogP contribution in [0.3, 0.4) is 0 Å². The second-order valence-corrected chi connectivity index (χ2v) is 5.12. The minimum absolute atomic E-state index is 0.174. The number of para-hydroxylation sites is 2. The van der Waals surface area contributed by atoms with Crippen LogP contribution in [0, 0.1) is 0 Å². The molecule has 0 atom stereocenters. The van der Waals surface area contributed by atoms with Crippen LogP contribution >= 0.6 is 7.60 Å². The van der Waals surface area contributed by atoms with E-state index in [0.29, 0.717) is 5.82 Å². The predicted molar refractivity (Wildman–Crippen MR) is 56.7 cm³/mol. The normalized spacial score (nSPS) is 12.1. The summed E-state index contributed by atoms with van der Waals surface area (Å²) in [5.41, 5.74) is 1.71. The van der Waals surface area contributed by atoms with Gasteiger partial charge in [0.15, 0.2) is 0 Å². The Hall–Kier alpha value is -1.16. The van der Waals surface area contributed by atoms with Gasteiger partial charge in [0, 0.05) is 6.42 Å². The molecule has 0 saturated carbocycles. The van der Waals surface area contributed by atoms with Crippen LogP contribution in [-0.2, 0) is 11.0 Å². The average molecular weight is 226 g/mol. The standard InChI is InChI=1S/C9H11N2O3P/c12-15(13,14)6-5-9-10-7-3-1-2-4-8(7)11-9/h1-4H,5-6H2,(H,10,11)(H2,12,13,14). The highest BCUT2D eigenvalue weighted by Crippen LogP contribution is 2.34. The van der Waals surface area contributed by atoms with Gasteiger partial charge in [-0.15, -0.1) is 0 Å². The summed E-state index contributed by atoms with van der Waals surface area (Å²) in [5, 5.41) is 0. The van der Waals surface area contributed by atoms with Crippen molar-refractivity contribution in [1.29, 1.82) is 0 Å². The van der Waals surface area contributed by atoms with Crippen molar-refractivity contribution in [2.24, 2.45) is 0 Å². The van der Waals surface area contributed by atoms with Gasteiger partial charge in [0.2, 0.25) is 0 Å². The van der Waals surface area contributed by atoms with Crippen LogP contribution < -0.4 is 0 Å². The van der Waals surface area contributed by atoms with Crippen LogP contribution in [0.5, 0.6) is 0 Å². The minimum atomic E-state index is -3.93. The van der Waals surface area contributed by atoms with E-state index in [1.165, 1.54) is 0 Å². The van der Waals surface area contributed by atoms with Gasteiger partial charge >= 0.3 is 7.60 Å². The first-order valence-corrected chi connectivity index (χ1v) is 6.32. The van der Waals surface area contributed by atoms with Crippen molar-refractivity contribution in [3.8, 4) is 0 Å². The molecule has 0 aliphatic rings. The van der Waals surface area contributed by atoms with E-state index in [2.05, 4.69) is 9.97 Å². The molecule has 5 nitrogen and oxygen atoms in total. The van der Waals surface area contributed by atoms with E-state index in [1.807, 2.05) is 24.3 Å². The molecule has 0 bridgehead atoms. The Morgan fingerprint density at radius 1 is 1.33 bits per heavy atom. The van der Waals surface area contributed by atoms with Crippen LogP contribution in [0.1, 0.15) is 5.82 Å². The molecule has 0 saturated heterocycles. The van der Waals surface area contributed by atoms with Crippen molar-refractivity contribution < 1.29 is 14.4 Å². The van der Waals surface area contributed by atoms with Crippen molar-refractivity contribution in [3.05, 3.63) is 30.1 Å². The highest BCUT2D eigenvalue weighted by atomic mass is 31.2. The van der Waals surface area contributed by atoms with Crippen LogP contribution in [0.15, 0.2) is 24.3 Å². The van der Waals surface area contributed by atoms with Crippen LogP contribution in [0.25, 0.3) is 11.0 Å². The fourth-order valence-corrected chi connectivity index (χ4v) is 1.88. The van der Waals surface area contributed by atoms with Crippen molar-refractivity contribution in [1.82, 2.24) is 9.97 Å². The lowest BCUT2D eigenvalue weighted by molar-refractivity contribution is 0.372. The lowest BCUT2D eigenvalue weighted by atomic mass is 10.3. The number of aryl methyl sites for hydroxylation is 1. The highest BCUT2D eigenvalue weighted by molar-refractivity contribution is 7.51. The Labute approximate surface area is 86.3 Å². The Morgan fingerprint density at radius 2 is 2.07 bits per heavy atom. The zero-order chi connectivity index (χ0) is 10.9. The third-order valence-corrected chi connectivity index (χ3v) is 2.88. The number of aromatic amines is 1. The van der Waals surface area contributed by atoms with E-state index in [4.69, 9.17) is 9.79 Å². The summed E-state index contributed by atoms with van der Waals surface area (Å²) in [6.45, 7) is 0. The molecule has 80 valence electrons.